The molecule has 2 atom stereocenters. The molecule has 11 nitrogen and oxygen atoms in total. The first-order valence-electron chi connectivity index (χ1n) is 20.2. The summed E-state index contributed by atoms with van der Waals surface area (Å²) in [6.07, 6.45) is 0.312. The van der Waals surface area contributed by atoms with Gasteiger partial charge in [0.2, 0.25) is 0 Å². The number of ether oxygens (including phenoxy) is 5. The summed E-state index contributed by atoms with van der Waals surface area (Å²) in [6, 6.07) is 41.9. The lowest BCUT2D eigenvalue weighted by Gasteiger charge is -2.23. The van der Waals surface area contributed by atoms with E-state index in [1.54, 1.807) is 67.4 Å². The third-order valence-corrected chi connectivity index (χ3v) is 9.56. The highest BCUT2D eigenvalue weighted by molar-refractivity contribution is 5.69. The van der Waals surface area contributed by atoms with Crippen molar-refractivity contribution in [1.29, 1.82) is 0 Å². The van der Waals surface area contributed by atoms with E-state index in [4.69, 9.17) is 33.9 Å². The van der Waals surface area contributed by atoms with Crippen LogP contribution in [0.4, 0.5) is 8.78 Å². The molecule has 63 heavy (non-hydrogen) atoms. The number of aliphatic carboxylic acids is 2. The Morgan fingerprint density at radius 1 is 0.524 bits per heavy atom. The Labute approximate surface area is 366 Å². The highest BCUT2D eigenvalue weighted by atomic mass is 19.1. The van der Waals surface area contributed by atoms with Gasteiger partial charge in [-0.05, 0) is 117 Å². The summed E-state index contributed by atoms with van der Waals surface area (Å²) in [4.78, 5) is 25.3. The fourth-order valence-corrected chi connectivity index (χ4v) is 6.31. The van der Waals surface area contributed by atoms with Crippen LogP contribution in [0.15, 0.2) is 146 Å². The highest BCUT2D eigenvalue weighted by Gasteiger charge is 2.18. The summed E-state index contributed by atoms with van der Waals surface area (Å²) in [6.45, 7) is 2.89. The van der Waals surface area contributed by atoms with Crippen molar-refractivity contribution in [3.05, 3.63) is 174 Å². The number of hydrogen-bond donors (Lipinski definition) is 2. The fraction of sp³-hybridized carbons (Fsp3) is 0.240. The maximum absolute atomic E-state index is 13.4. The molecule has 2 unspecified atom stereocenters. The molecule has 330 valence electrons. The van der Waals surface area contributed by atoms with Gasteiger partial charge in [-0.1, -0.05) is 54.1 Å². The summed E-state index contributed by atoms with van der Waals surface area (Å²) < 4.78 is 56.2. The zero-order valence-corrected chi connectivity index (χ0v) is 35.7. The second kappa shape index (κ2) is 23.9. The molecule has 0 bridgehead atoms. The van der Waals surface area contributed by atoms with Crippen molar-refractivity contribution in [2.24, 2.45) is 0 Å². The molecule has 0 heterocycles. The predicted octanol–water partition coefficient (Wildman–Crippen LogP) is 10.6. The van der Waals surface area contributed by atoms with Crippen molar-refractivity contribution in [3.63, 3.8) is 0 Å². The van der Waals surface area contributed by atoms with E-state index in [1.807, 2.05) is 91.9 Å². The van der Waals surface area contributed by atoms with Crippen LogP contribution in [-0.2, 0) is 9.59 Å². The van der Waals surface area contributed by atoms with Crippen LogP contribution in [0.1, 0.15) is 41.7 Å². The first kappa shape index (κ1) is 47.1. The summed E-state index contributed by atoms with van der Waals surface area (Å²) in [5, 5.41) is 17.9. The Bertz CT molecular complexity index is 2330. The van der Waals surface area contributed by atoms with E-state index in [2.05, 4.69) is 0 Å². The van der Waals surface area contributed by atoms with Crippen molar-refractivity contribution in [1.82, 2.24) is 9.80 Å². The van der Waals surface area contributed by atoms with Gasteiger partial charge in [0.25, 0.3) is 0 Å². The van der Waals surface area contributed by atoms with E-state index in [1.165, 1.54) is 24.3 Å². The van der Waals surface area contributed by atoms with Crippen LogP contribution < -0.4 is 23.7 Å². The largest absolute Gasteiger partial charge is 0.497 e. The number of methoxy groups -OCH3 is 1. The van der Waals surface area contributed by atoms with Crippen LogP contribution in [0.3, 0.4) is 0 Å². The minimum atomic E-state index is -0.893. The monoisotopic (exact) mass is 862 g/mol. The predicted molar refractivity (Wildman–Crippen MR) is 236 cm³/mol. The number of carboxylic acids is 2. The first-order valence-corrected chi connectivity index (χ1v) is 20.2. The van der Waals surface area contributed by atoms with Crippen LogP contribution >= 0.6 is 0 Å². The topological polar surface area (TPSA) is 127 Å². The number of carboxylic acid groups (broad SMARTS) is 2. The number of nitrogens with zero attached hydrogens (tertiary/aromatic N) is 2. The molecule has 0 aliphatic rings. The average molecular weight is 863 g/mol. The molecule has 6 aromatic carbocycles. The smallest absolute Gasteiger partial charge is 0.317 e. The number of hydrogen-bond acceptors (Lipinski definition) is 9. The highest BCUT2D eigenvalue weighted by Crippen LogP contribution is 2.32. The SMILES string of the molecule is COc1ccc(Oc2cccc(OC(CCN(C)CC(=O)O)c3ccc(F)cc3)c2)cc1.Cc1ccc(Oc2cccc(OC(CCN(C)CC(=O)O)c3ccc(F)cc3)c2)cc1. The van der Waals surface area contributed by atoms with Gasteiger partial charge in [0, 0.05) is 38.1 Å². The molecule has 6 aromatic rings. The summed E-state index contributed by atoms with van der Waals surface area (Å²) >= 11 is 0. The lowest BCUT2D eigenvalue weighted by Crippen LogP contribution is -2.28. The van der Waals surface area contributed by atoms with Gasteiger partial charge in [-0.2, -0.15) is 0 Å². The van der Waals surface area contributed by atoms with E-state index in [-0.39, 0.29) is 36.9 Å². The lowest BCUT2D eigenvalue weighted by atomic mass is 10.1. The van der Waals surface area contributed by atoms with Crippen molar-refractivity contribution in [3.8, 4) is 40.2 Å². The summed E-state index contributed by atoms with van der Waals surface area (Å²) in [7, 11) is 5.08. The number of aryl methyl sites for hydroxylation is 1. The molecule has 0 saturated heterocycles. The summed E-state index contributed by atoms with van der Waals surface area (Å²) in [5.41, 5.74) is 2.77. The Hall–Kier alpha value is -6.96. The third kappa shape index (κ3) is 16.4. The molecule has 0 aliphatic carbocycles. The molecule has 0 saturated carbocycles. The Kier molecular flexibility index (Phi) is 17.9. The average Bonchev–Trinajstić information content (AvgIpc) is 3.25. The lowest BCUT2D eigenvalue weighted by molar-refractivity contribution is -0.139. The molecule has 0 spiro atoms. The molecule has 0 amide bonds. The molecule has 0 aromatic heterocycles. The van der Waals surface area contributed by atoms with Crippen LogP contribution in [0.25, 0.3) is 0 Å². The van der Waals surface area contributed by atoms with Gasteiger partial charge in [0.1, 0.15) is 64.1 Å². The van der Waals surface area contributed by atoms with Gasteiger partial charge in [-0.3, -0.25) is 19.4 Å². The molecular formula is C50H52F2N2O9. The van der Waals surface area contributed by atoms with Crippen molar-refractivity contribution in [2.45, 2.75) is 32.0 Å². The minimum absolute atomic E-state index is 0.0595. The molecule has 6 rings (SSSR count). The maximum atomic E-state index is 13.4. The molecule has 0 aliphatic heterocycles. The Morgan fingerprint density at radius 3 is 1.27 bits per heavy atom. The standard InChI is InChI=1S/C25H26FNO5.C25H26FNO4/c1-27(17-25(28)29)15-14-24(18-6-8-19(26)9-7-18)32-23-5-3-4-22(16-23)31-21-12-10-20(30-2)11-13-21;1-18-6-12-21(13-7-18)30-22-4-3-5-23(16-22)31-24(14-15-27(2)17-25(28)29)19-8-10-20(26)11-9-19/h3-13,16,24H,14-15,17H2,1-2H3,(H,28,29);3-13,16,24H,14-15,17H2,1-2H3,(H,28,29). The van der Waals surface area contributed by atoms with Gasteiger partial charge in [0.05, 0.1) is 20.2 Å². The van der Waals surface area contributed by atoms with E-state index >= 15 is 0 Å². The number of carbonyl (C=O) groups is 2. The second-order valence-corrected chi connectivity index (χ2v) is 14.8. The first-order chi connectivity index (χ1) is 30.3. The molecule has 13 heteroatoms. The molecular weight excluding hydrogens is 811 g/mol. The normalized spacial score (nSPS) is 11.8. The van der Waals surface area contributed by atoms with Crippen LogP contribution in [0, 0.1) is 18.6 Å². The van der Waals surface area contributed by atoms with Crippen LogP contribution in [0.2, 0.25) is 0 Å². The van der Waals surface area contributed by atoms with Gasteiger partial charge >= 0.3 is 11.9 Å². The van der Waals surface area contributed by atoms with Gasteiger partial charge in [0.15, 0.2) is 0 Å². The van der Waals surface area contributed by atoms with Gasteiger partial charge < -0.3 is 33.9 Å². The Morgan fingerprint density at radius 2 is 0.889 bits per heavy atom. The van der Waals surface area contributed by atoms with Gasteiger partial charge in [-0.25, -0.2) is 8.78 Å². The third-order valence-electron chi connectivity index (χ3n) is 9.56. The minimum Gasteiger partial charge on any atom is -0.497 e. The van der Waals surface area contributed by atoms with E-state index < -0.39 is 11.9 Å². The summed E-state index contributed by atoms with van der Waals surface area (Å²) in [5.74, 6) is 2.15. The van der Waals surface area contributed by atoms with Crippen molar-refractivity contribution in [2.75, 3.05) is 47.4 Å². The van der Waals surface area contributed by atoms with E-state index in [9.17, 15) is 18.4 Å². The number of likely N-dealkylation sites (N-methyl/N-ethyl adjacent to an activating group) is 2. The maximum Gasteiger partial charge on any atom is 0.317 e. The second-order valence-electron chi connectivity index (χ2n) is 14.8. The van der Waals surface area contributed by atoms with Crippen LogP contribution in [-0.4, -0.2) is 79.3 Å². The number of rotatable bonds is 21. The van der Waals surface area contributed by atoms with Gasteiger partial charge in [-0.15, -0.1) is 0 Å². The quantitative estimate of drug-likeness (QED) is 0.0718. The molecule has 0 radical (unpaired) electrons. The number of halogens is 2. The number of benzene rings is 6. The molecule has 2 N–H and O–H groups in total. The van der Waals surface area contributed by atoms with Crippen molar-refractivity contribution >= 4 is 11.9 Å². The van der Waals surface area contributed by atoms with Crippen molar-refractivity contribution < 1.29 is 52.3 Å². The zero-order valence-electron chi connectivity index (χ0n) is 35.7. The molecule has 0 fully saturated rings. The van der Waals surface area contributed by atoms with Crippen LogP contribution in [0.5, 0.6) is 40.2 Å². The Balaban J connectivity index is 0.000000238. The van der Waals surface area contributed by atoms with E-state index in [0.29, 0.717) is 54.7 Å². The zero-order chi connectivity index (χ0) is 45.1. The van der Waals surface area contributed by atoms with E-state index in [0.717, 1.165) is 28.2 Å². The fourth-order valence-electron chi connectivity index (χ4n) is 6.31.